The van der Waals surface area contributed by atoms with Crippen molar-refractivity contribution in [2.45, 2.75) is 12.5 Å². The fraction of sp³-hybridized carbons (Fsp3) is 0.130. The minimum atomic E-state index is -3.52. The quantitative estimate of drug-likeness (QED) is 0.376. The number of rotatable bonds is 6. The summed E-state index contributed by atoms with van der Waals surface area (Å²) in [6.45, 7) is 3.04. The van der Waals surface area contributed by atoms with Crippen molar-refractivity contribution in [1.29, 1.82) is 0 Å². The third kappa shape index (κ3) is 4.55. The van der Waals surface area contributed by atoms with Crippen LogP contribution in [0.1, 0.15) is 28.4 Å². The van der Waals surface area contributed by atoms with Gasteiger partial charge in [0.05, 0.1) is 5.54 Å². The van der Waals surface area contributed by atoms with E-state index < -0.39 is 24.4 Å². The van der Waals surface area contributed by atoms with Crippen LogP contribution in [0.2, 0.25) is 0 Å². The molecule has 10 heteroatoms. The van der Waals surface area contributed by atoms with Gasteiger partial charge in [0.25, 0.3) is 11.5 Å². The van der Waals surface area contributed by atoms with E-state index >= 15 is 0 Å². The van der Waals surface area contributed by atoms with Crippen molar-refractivity contribution in [2.24, 2.45) is 0 Å². The summed E-state index contributed by atoms with van der Waals surface area (Å²) in [4.78, 5) is 42.6. The Kier molecular flexibility index (Phi) is 5.84. The third-order valence-electron chi connectivity index (χ3n) is 5.37. The molecule has 0 fully saturated rings. The number of carbonyl (C=O) groups is 1. The molecule has 1 amide bonds. The van der Waals surface area contributed by atoms with Crippen LogP contribution in [-0.2, 0) is 10.1 Å². The predicted octanol–water partition coefficient (Wildman–Crippen LogP) is 2.17. The molecule has 33 heavy (non-hydrogen) atoms. The third-order valence-corrected chi connectivity index (χ3v) is 6.61. The molecule has 2 atom stereocenters. The molecule has 0 aliphatic rings. The van der Waals surface area contributed by atoms with Crippen LogP contribution in [0, 0.1) is 0 Å². The largest absolute Gasteiger partial charge is 0.341 e. The topological polar surface area (TPSA) is 130 Å². The Bertz CT molecular complexity index is 1400. The Morgan fingerprint density at radius 1 is 1.12 bits per heavy atom. The Morgan fingerprint density at radius 3 is 2.48 bits per heavy atom. The van der Waals surface area contributed by atoms with E-state index in [2.05, 4.69) is 20.4 Å². The summed E-state index contributed by atoms with van der Waals surface area (Å²) in [5, 5.41) is 7.20. The highest BCUT2D eigenvalue weighted by atomic mass is 31.2. The number of amides is 1. The molecule has 0 aliphatic carbocycles. The lowest BCUT2D eigenvalue weighted by Crippen LogP contribution is -2.46. The first-order valence-electron chi connectivity index (χ1n) is 10.1. The van der Waals surface area contributed by atoms with Crippen LogP contribution in [0.25, 0.3) is 5.95 Å². The first-order chi connectivity index (χ1) is 15.7. The highest BCUT2D eigenvalue weighted by Gasteiger charge is 2.33. The van der Waals surface area contributed by atoms with Gasteiger partial charge in [0, 0.05) is 30.6 Å². The van der Waals surface area contributed by atoms with Crippen molar-refractivity contribution >= 4 is 18.6 Å². The first kappa shape index (κ1) is 22.4. The zero-order valence-corrected chi connectivity index (χ0v) is 18.9. The summed E-state index contributed by atoms with van der Waals surface area (Å²) in [6, 6.07) is 17.4. The Hall–Kier alpha value is -3.81. The number of carbonyl (C=O) groups excluding carboxylic acids is 1. The second kappa shape index (κ2) is 8.61. The van der Waals surface area contributed by atoms with Crippen molar-refractivity contribution in [3.05, 3.63) is 106 Å². The highest BCUT2D eigenvalue weighted by molar-refractivity contribution is 7.65. The SMILES string of the molecule is CC(NC(=O)c1cnc(-n2cccn2)[nH]c1=O)(c1ccccc1)c1cccc(P(C)(=O)O)c1. The van der Waals surface area contributed by atoms with Gasteiger partial charge in [-0.05, 0) is 36.2 Å². The van der Waals surface area contributed by atoms with Gasteiger partial charge in [-0.3, -0.25) is 19.1 Å². The van der Waals surface area contributed by atoms with E-state index in [1.54, 1.807) is 49.6 Å². The monoisotopic (exact) mass is 463 g/mol. The van der Waals surface area contributed by atoms with Gasteiger partial charge in [-0.2, -0.15) is 5.10 Å². The van der Waals surface area contributed by atoms with Crippen molar-refractivity contribution in [3.63, 3.8) is 0 Å². The van der Waals surface area contributed by atoms with Crippen LogP contribution in [0.15, 0.2) is 84.0 Å². The van der Waals surface area contributed by atoms with Crippen LogP contribution >= 0.6 is 7.37 Å². The lowest BCUT2D eigenvalue weighted by atomic mass is 9.84. The van der Waals surface area contributed by atoms with Gasteiger partial charge in [0.15, 0.2) is 0 Å². The molecule has 3 N–H and O–H groups in total. The summed E-state index contributed by atoms with van der Waals surface area (Å²) in [6.07, 6.45) is 4.35. The molecule has 4 rings (SSSR count). The van der Waals surface area contributed by atoms with Gasteiger partial charge in [-0.1, -0.05) is 42.5 Å². The van der Waals surface area contributed by atoms with Crippen LogP contribution in [0.5, 0.6) is 0 Å². The zero-order chi connectivity index (χ0) is 23.6. The number of hydrogen-bond acceptors (Lipinski definition) is 5. The lowest BCUT2D eigenvalue weighted by molar-refractivity contribution is 0.0917. The maximum Gasteiger partial charge on any atom is 0.265 e. The molecule has 0 bridgehead atoms. The smallest absolute Gasteiger partial charge is 0.265 e. The second-order valence-electron chi connectivity index (χ2n) is 7.77. The Labute approximate surface area is 189 Å². The van der Waals surface area contributed by atoms with Crippen molar-refractivity contribution < 1.29 is 14.3 Å². The molecule has 0 saturated heterocycles. The zero-order valence-electron chi connectivity index (χ0n) is 18.0. The molecule has 2 heterocycles. The molecule has 168 valence electrons. The molecule has 0 aliphatic heterocycles. The van der Waals surface area contributed by atoms with Crippen molar-refractivity contribution in [3.8, 4) is 5.95 Å². The minimum Gasteiger partial charge on any atom is -0.341 e. The number of H-pyrrole nitrogens is 1. The number of nitrogens with zero attached hydrogens (tertiary/aromatic N) is 3. The average molecular weight is 463 g/mol. The van der Waals surface area contributed by atoms with E-state index in [4.69, 9.17) is 0 Å². The molecule has 2 aromatic carbocycles. The van der Waals surface area contributed by atoms with Crippen LogP contribution in [0.3, 0.4) is 0 Å². The number of aromatic nitrogens is 4. The van der Waals surface area contributed by atoms with E-state index in [1.807, 2.05) is 30.3 Å². The molecule has 0 spiro atoms. The molecular formula is C23H22N5O4P. The number of aromatic amines is 1. The highest BCUT2D eigenvalue weighted by Crippen LogP contribution is 2.36. The van der Waals surface area contributed by atoms with Crippen molar-refractivity contribution in [1.82, 2.24) is 25.1 Å². The fourth-order valence-electron chi connectivity index (χ4n) is 3.51. The Balaban J connectivity index is 1.75. The van der Waals surface area contributed by atoms with Gasteiger partial charge < -0.3 is 10.2 Å². The van der Waals surface area contributed by atoms with Crippen LogP contribution < -0.4 is 16.2 Å². The lowest BCUT2D eigenvalue weighted by Gasteiger charge is -2.32. The van der Waals surface area contributed by atoms with E-state index in [1.165, 1.54) is 17.5 Å². The molecule has 9 nitrogen and oxygen atoms in total. The Morgan fingerprint density at radius 2 is 1.85 bits per heavy atom. The number of benzene rings is 2. The van der Waals surface area contributed by atoms with Gasteiger partial charge in [0.2, 0.25) is 13.3 Å². The molecular weight excluding hydrogens is 441 g/mol. The average Bonchev–Trinajstić information content (AvgIpc) is 3.34. The molecule has 0 saturated carbocycles. The van der Waals surface area contributed by atoms with E-state index in [9.17, 15) is 19.0 Å². The molecule has 2 unspecified atom stereocenters. The minimum absolute atomic E-state index is 0.174. The summed E-state index contributed by atoms with van der Waals surface area (Å²) in [5.74, 6) is -0.460. The molecule has 4 aromatic rings. The summed E-state index contributed by atoms with van der Waals surface area (Å²) in [5.41, 5.74) is -0.570. The van der Waals surface area contributed by atoms with Crippen LogP contribution in [0.4, 0.5) is 0 Å². The van der Waals surface area contributed by atoms with Gasteiger partial charge in [-0.15, -0.1) is 0 Å². The van der Waals surface area contributed by atoms with Gasteiger partial charge >= 0.3 is 0 Å². The fourth-order valence-corrected chi connectivity index (χ4v) is 4.25. The first-order valence-corrected chi connectivity index (χ1v) is 12.2. The maximum absolute atomic E-state index is 13.2. The second-order valence-corrected chi connectivity index (χ2v) is 10.0. The van der Waals surface area contributed by atoms with Crippen LogP contribution in [-0.4, -0.2) is 37.2 Å². The summed E-state index contributed by atoms with van der Waals surface area (Å²) >= 11 is 0. The predicted molar refractivity (Wildman–Crippen MR) is 124 cm³/mol. The van der Waals surface area contributed by atoms with E-state index in [0.717, 1.165) is 5.56 Å². The molecule has 2 aromatic heterocycles. The normalized spacial score (nSPS) is 14.8. The van der Waals surface area contributed by atoms with E-state index in [0.29, 0.717) is 5.56 Å². The number of nitrogens with one attached hydrogen (secondary N) is 2. The molecule has 0 radical (unpaired) electrons. The van der Waals surface area contributed by atoms with Crippen molar-refractivity contribution in [2.75, 3.05) is 6.66 Å². The standard InChI is InChI=1S/C23H22N5O4P/c1-23(16-8-4-3-5-9-16,17-10-6-11-18(14-17)33(2,31)32)27-21(30)19-15-24-22(26-20(19)29)28-13-7-12-25-28/h3-15H,1-2H3,(H,27,30)(H,31,32)(H,24,26,29). The van der Waals surface area contributed by atoms with Gasteiger partial charge in [-0.25, -0.2) is 9.67 Å². The van der Waals surface area contributed by atoms with Gasteiger partial charge in [0.1, 0.15) is 5.56 Å². The maximum atomic E-state index is 13.2. The summed E-state index contributed by atoms with van der Waals surface area (Å²) in [7, 11) is -3.52. The summed E-state index contributed by atoms with van der Waals surface area (Å²) < 4.78 is 13.6. The van der Waals surface area contributed by atoms with E-state index in [-0.39, 0.29) is 16.8 Å². The number of hydrogen-bond donors (Lipinski definition) is 3.